The van der Waals surface area contributed by atoms with Crippen molar-refractivity contribution in [2.24, 2.45) is 0 Å². The summed E-state index contributed by atoms with van der Waals surface area (Å²) in [6, 6.07) is 13.6. The first-order valence-corrected chi connectivity index (χ1v) is 10.9. The number of hydrogen-bond donors (Lipinski definition) is 1. The predicted molar refractivity (Wildman–Crippen MR) is 102 cm³/mol. The second kappa shape index (κ2) is 8.25. The minimum Gasteiger partial charge on any atom is -0.495 e. The molecule has 0 saturated carbocycles. The molecule has 0 fully saturated rings. The summed E-state index contributed by atoms with van der Waals surface area (Å²) in [5, 5.41) is 0. The summed E-state index contributed by atoms with van der Waals surface area (Å²) in [5.74, 6) is 1.11. The van der Waals surface area contributed by atoms with Gasteiger partial charge in [0.2, 0.25) is 10.0 Å². The Labute approximate surface area is 154 Å². The number of hydrogen-bond acceptors (Lipinski definition) is 4. The van der Waals surface area contributed by atoms with Gasteiger partial charge in [-0.25, -0.2) is 13.1 Å². The van der Waals surface area contributed by atoms with Gasteiger partial charge in [0.1, 0.15) is 10.6 Å². The maximum atomic E-state index is 12.7. The van der Waals surface area contributed by atoms with E-state index in [0.29, 0.717) is 18.0 Å². The molecule has 0 atom stereocenters. The number of methoxy groups -OCH3 is 1. The highest BCUT2D eigenvalue weighted by Crippen LogP contribution is 2.31. The van der Waals surface area contributed by atoms with Crippen molar-refractivity contribution in [1.82, 2.24) is 4.72 Å². The predicted octanol–water partition coefficient (Wildman–Crippen LogP) is 3.64. The molecule has 0 unspecified atom stereocenters. The van der Waals surface area contributed by atoms with E-state index in [1.165, 1.54) is 12.7 Å². The molecule has 0 aromatic heterocycles. The molecule has 0 amide bonds. The molecule has 25 heavy (non-hydrogen) atoms. The van der Waals surface area contributed by atoms with Gasteiger partial charge in [-0.05, 0) is 61.1 Å². The topological polar surface area (TPSA) is 55.4 Å². The number of aryl methyl sites for hydroxylation is 2. The lowest BCUT2D eigenvalue weighted by Crippen LogP contribution is -2.27. The third-order valence-corrected chi connectivity index (χ3v) is 6.82. The Balaban J connectivity index is 1.69. The lowest BCUT2D eigenvalue weighted by molar-refractivity contribution is 0.401. The third kappa shape index (κ3) is 4.57. The average molecular weight is 378 g/mol. The molecule has 0 bridgehead atoms. The third-order valence-electron chi connectivity index (χ3n) is 4.32. The van der Waals surface area contributed by atoms with Gasteiger partial charge in [0.25, 0.3) is 0 Å². The highest BCUT2D eigenvalue weighted by Gasteiger charge is 2.22. The number of nitrogens with one attached hydrogen (secondary N) is 1. The first-order chi connectivity index (χ1) is 12.1. The molecule has 0 radical (unpaired) electrons. The maximum absolute atomic E-state index is 12.7. The van der Waals surface area contributed by atoms with Crippen LogP contribution in [0.5, 0.6) is 5.75 Å². The van der Waals surface area contributed by atoms with Crippen molar-refractivity contribution in [2.75, 3.05) is 19.4 Å². The first-order valence-electron chi connectivity index (χ1n) is 8.47. The summed E-state index contributed by atoms with van der Waals surface area (Å²) >= 11 is 1.63. The molecular formula is C19H23NO3S2. The zero-order chi connectivity index (χ0) is 17.7. The van der Waals surface area contributed by atoms with Crippen molar-refractivity contribution < 1.29 is 13.2 Å². The Morgan fingerprint density at radius 1 is 1.08 bits per heavy atom. The lowest BCUT2D eigenvalue weighted by atomic mass is 9.92. The van der Waals surface area contributed by atoms with E-state index >= 15 is 0 Å². The van der Waals surface area contributed by atoms with Crippen molar-refractivity contribution >= 4 is 21.8 Å². The molecule has 6 heteroatoms. The largest absolute Gasteiger partial charge is 0.495 e. The van der Waals surface area contributed by atoms with Crippen LogP contribution in [-0.4, -0.2) is 27.8 Å². The zero-order valence-corrected chi connectivity index (χ0v) is 16.0. The van der Waals surface area contributed by atoms with Gasteiger partial charge in [-0.3, -0.25) is 0 Å². The van der Waals surface area contributed by atoms with Crippen molar-refractivity contribution in [3.63, 3.8) is 0 Å². The van der Waals surface area contributed by atoms with E-state index in [1.807, 2.05) is 36.4 Å². The Bertz CT molecular complexity index is 820. The fourth-order valence-corrected chi connectivity index (χ4v) is 5.20. The SMILES string of the molecule is COc1cc2c(cc1S(=O)(=O)NCCSc1ccccc1)CCCC2. The number of rotatable bonds is 7. The quantitative estimate of drug-likeness (QED) is 0.591. The van der Waals surface area contributed by atoms with Gasteiger partial charge >= 0.3 is 0 Å². The van der Waals surface area contributed by atoms with Gasteiger partial charge in [-0.2, -0.15) is 0 Å². The van der Waals surface area contributed by atoms with E-state index < -0.39 is 10.0 Å². The zero-order valence-electron chi connectivity index (χ0n) is 14.3. The molecule has 0 aliphatic heterocycles. The van der Waals surface area contributed by atoms with E-state index in [2.05, 4.69) is 4.72 Å². The normalized spacial score (nSPS) is 14.1. The average Bonchev–Trinajstić information content (AvgIpc) is 2.65. The lowest BCUT2D eigenvalue weighted by Gasteiger charge is -2.19. The Morgan fingerprint density at radius 2 is 1.76 bits per heavy atom. The molecule has 0 heterocycles. The standard InChI is InChI=1S/C19H23NO3S2/c1-23-18-13-15-7-5-6-8-16(15)14-19(18)25(21,22)20-11-12-24-17-9-3-2-4-10-17/h2-4,9-10,13-14,20H,5-8,11-12H2,1H3. The van der Waals surface area contributed by atoms with Crippen molar-refractivity contribution in [2.45, 2.75) is 35.5 Å². The van der Waals surface area contributed by atoms with Crippen LogP contribution in [0.2, 0.25) is 0 Å². The molecule has 134 valence electrons. The molecule has 0 spiro atoms. The Kier molecular flexibility index (Phi) is 6.04. The van der Waals surface area contributed by atoms with E-state index in [9.17, 15) is 8.42 Å². The summed E-state index contributed by atoms with van der Waals surface area (Å²) < 4.78 is 33.5. The van der Waals surface area contributed by atoms with Crippen LogP contribution in [0.3, 0.4) is 0 Å². The van der Waals surface area contributed by atoms with Gasteiger partial charge in [0, 0.05) is 17.2 Å². The second-order valence-electron chi connectivity index (χ2n) is 6.04. The van der Waals surface area contributed by atoms with E-state index in [-0.39, 0.29) is 4.90 Å². The summed E-state index contributed by atoms with van der Waals surface area (Å²) in [5.41, 5.74) is 2.34. The molecular weight excluding hydrogens is 354 g/mol. The summed E-state index contributed by atoms with van der Waals surface area (Å²) in [4.78, 5) is 1.38. The fourth-order valence-electron chi connectivity index (χ4n) is 3.05. The minimum absolute atomic E-state index is 0.250. The van der Waals surface area contributed by atoms with Gasteiger partial charge in [0.05, 0.1) is 7.11 Å². The molecule has 1 N–H and O–H groups in total. The van der Waals surface area contributed by atoms with Crippen molar-refractivity contribution in [3.05, 3.63) is 53.6 Å². The van der Waals surface area contributed by atoms with Crippen LogP contribution in [0.15, 0.2) is 52.3 Å². The molecule has 1 aliphatic rings. The molecule has 4 nitrogen and oxygen atoms in total. The number of ether oxygens (including phenoxy) is 1. The Hall–Kier alpha value is -1.50. The van der Waals surface area contributed by atoms with Gasteiger partial charge in [-0.15, -0.1) is 11.8 Å². The first kappa shape index (κ1) is 18.3. The Morgan fingerprint density at radius 3 is 2.44 bits per heavy atom. The van der Waals surface area contributed by atoms with Gasteiger partial charge < -0.3 is 4.74 Å². The van der Waals surface area contributed by atoms with E-state index in [1.54, 1.807) is 17.8 Å². The number of sulfonamides is 1. The van der Waals surface area contributed by atoms with E-state index in [4.69, 9.17) is 4.74 Å². The highest BCUT2D eigenvalue weighted by molar-refractivity contribution is 7.99. The van der Waals surface area contributed by atoms with Crippen LogP contribution in [0, 0.1) is 0 Å². The molecule has 0 saturated heterocycles. The van der Waals surface area contributed by atoms with Crippen LogP contribution in [0.4, 0.5) is 0 Å². The monoisotopic (exact) mass is 377 g/mol. The van der Waals surface area contributed by atoms with Crippen LogP contribution < -0.4 is 9.46 Å². The van der Waals surface area contributed by atoms with Crippen LogP contribution in [0.1, 0.15) is 24.0 Å². The molecule has 2 aromatic rings. The second-order valence-corrected chi connectivity index (χ2v) is 8.94. The molecule has 1 aliphatic carbocycles. The van der Waals surface area contributed by atoms with E-state index in [0.717, 1.165) is 36.1 Å². The summed E-state index contributed by atoms with van der Waals surface area (Å²) in [6.07, 6.45) is 4.19. The smallest absolute Gasteiger partial charge is 0.244 e. The number of fused-ring (bicyclic) bond motifs is 1. The van der Waals surface area contributed by atoms with Crippen molar-refractivity contribution in [3.8, 4) is 5.75 Å². The maximum Gasteiger partial charge on any atom is 0.244 e. The number of thioether (sulfide) groups is 1. The highest BCUT2D eigenvalue weighted by atomic mass is 32.2. The minimum atomic E-state index is -3.58. The van der Waals surface area contributed by atoms with Gasteiger partial charge in [-0.1, -0.05) is 18.2 Å². The fraction of sp³-hybridized carbons (Fsp3) is 0.368. The van der Waals surface area contributed by atoms with Crippen molar-refractivity contribution in [1.29, 1.82) is 0 Å². The summed E-state index contributed by atoms with van der Waals surface area (Å²) in [6.45, 7) is 0.377. The number of benzene rings is 2. The van der Waals surface area contributed by atoms with Crippen LogP contribution >= 0.6 is 11.8 Å². The van der Waals surface area contributed by atoms with Gasteiger partial charge in [0.15, 0.2) is 0 Å². The summed E-state index contributed by atoms with van der Waals surface area (Å²) in [7, 11) is -2.06. The van der Waals surface area contributed by atoms with Crippen LogP contribution in [-0.2, 0) is 22.9 Å². The molecule has 2 aromatic carbocycles. The molecule has 3 rings (SSSR count). The van der Waals surface area contributed by atoms with Crippen LogP contribution in [0.25, 0.3) is 0 Å².